The van der Waals surface area contributed by atoms with E-state index >= 15 is 0 Å². The molecule has 1 aliphatic rings. The molecule has 1 N–H and O–H groups in total. The molecule has 1 aromatic carbocycles. The van der Waals surface area contributed by atoms with Crippen molar-refractivity contribution in [2.24, 2.45) is 0 Å². The molecule has 134 valence electrons. The Kier molecular flexibility index (Phi) is 4.47. The predicted octanol–water partition coefficient (Wildman–Crippen LogP) is 3.01. The number of aromatic nitrogens is 2. The van der Waals surface area contributed by atoms with Gasteiger partial charge in [0.25, 0.3) is 0 Å². The van der Waals surface area contributed by atoms with Gasteiger partial charge in [0.05, 0.1) is 17.1 Å². The first kappa shape index (κ1) is 16.8. The Labute approximate surface area is 153 Å². The Balaban J connectivity index is 1.58. The molecule has 0 spiro atoms. The predicted molar refractivity (Wildman–Crippen MR) is 99.9 cm³/mol. The van der Waals surface area contributed by atoms with Crippen molar-refractivity contribution in [2.75, 3.05) is 13.2 Å². The average Bonchev–Trinajstić information content (AvgIpc) is 3.10. The molecular formula is C21H23N3O2. The lowest BCUT2D eigenvalue weighted by atomic mass is 9.73. The zero-order chi connectivity index (χ0) is 18.0. The third-order valence-corrected chi connectivity index (χ3v) is 5.33. The highest BCUT2D eigenvalue weighted by molar-refractivity contribution is 5.88. The highest BCUT2D eigenvalue weighted by atomic mass is 16.5. The lowest BCUT2D eigenvalue weighted by Gasteiger charge is -2.36. The first-order valence-corrected chi connectivity index (χ1v) is 9.03. The summed E-state index contributed by atoms with van der Waals surface area (Å²) in [7, 11) is 0. The molecule has 5 heteroatoms. The van der Waals surface area contributed by atoms with E-state index in [0.717, 1.165) is 16.6 Å². The van der Waals surface area contributed by atoms with Crippen molar-refractivity contribution in [3.8, 4) is 0 Å². The molecule has 1 fully saturated rings. The maximum absolute atomic E-state index is 13.2. The number of ether oxygens (including phenoxy) is 1. The van der Waals surface area contributed by atoms with E-state index in [9.17, 15) is 4.79 Å². The number of rotatable bonds is 4. The fourth-order valence-electron chi connectivity index (χ4n) is 3.71. The third-order valence-electron chi connectivity index (χ3n) is 5.33. The summed E-state index contributed by atoms with van der Waals surface area (Å²) in [6.07, 6.45) is 5.14. The molecule has 1 amide bonds. The van der Waals surface area contributed by atoms with Gasteiger partial charge in [-0.05, 0) is 37.5 Å². The quantitative estimate of drug-likeness (QED) is 0.788. The molecule has 5 nitrogen and oxygen atoms in total. The molecule has 3 aromatic rings. The number of nitrogens with zero attached hydrogens (tertiary/aromatic N) is 2. The zero-order valence-corrected chi connectivity index (χ0v) is 14.9. The molecule has 0 aliphatic carbocycles. The molecule has 4 rings (SSSR count). The smallest absolute Gasteiger partial charge is 0.231 e. The molecule has 0 bridgehead atoms. The lowest BCUT2D eigenvalue weighted by Crippen LogP contribution is -2.47. The second-order valence-electron chi connectivity index (χ2n) is 6.94. The number of carbonyl (C=O) groups excluding carboxylic acids is 1. The normalized spacial score (nSPS) is 16.5. The molecular weight excluding hydrogens is 326 g/mol. The van der Waals surface area contributed by atoms with Crippen molar-refractivity contribution in [3.05, 3.63) is 71.5 Å². The monoisotopic (exact) mass is 349 g/mol. The van der Waals surface area contributed by atoms with E-state index in [1.165, 1.54) is 5.56 Å². The highest BCUT2D eigenvalue weighted by Crippen LogP contribution is 2.35. The van der Waals surface area contributed by atoms with Crippen LogP contribution >= 0.6 is 0 Å². The fraction of sp³-hybridized carbons (Fsp3) is 0.333. The van der Waals surface area contributed by atoms with Gasteiger partial charge >= 0.3 is 0 Å². The molecule has 1 saturated heterocycles. The van der Waals surface area contributed by atoms with E-state index in [-0.39, 0.29) is 5.91 Å². The largest absolute Gasteiger partial charge is 0.381 e. The minimum Gasteiger partial charge on any atom is -0.381 e. The van der Waals surface area contributed by atoms with Gasteiger partial charge < -0.3 is 10.1 Å². The molecule has 3 heterocycles. The van der Waals surface area contributed by atoms with Crippen molar-refractivity contribution in [3.63, 3.8) is 0 Å². The number of hydrogen-bond acceptors (Lipinski definition) is 3. The molecule has 2 aromatic heterocycles. The third kappa shape index (κ3) is 2.99. The van der Waals surface area contributed by atoms with Gasteiger partial charge in [0.15, 0.2) is 0 Å². The van der Waals surface area contributed by atoms with Crippen LogP contribution in [-0.4, -0.2) is 28.7 Å². The lowest BCUT2D eigenvalue weighted by molar-refractivity contribution is -0.130. The van der Waals surface area contributed by atoms with Crippen molar-refractivity contribution in [2.45, 2.75) is 31.7 Å². The highest BCUT2D eigenvalue weighted by Gasteiger charge is 2.41. The van der Waals surface area contributed by atoms with Crippen LogP contribution in [0.15, 0.2) is 54.9 Å². The topological polar surface area (TPSA) is 55.6 Å². The van der Waals surface area contributed by atoms with E-state index in [2.05, 4.69) is 41.6 Å². The Morgan fingerprint density at radius 2 is 1.96 bits per heavy atom. The standard InChI is InChI=1S/C21H23N3O2/c1-16-5-7-18(8-6-16)21(9-12-26-13-10-21)20(25)22-14-17-15-23-24-11-3-2-4-19(17)24/h2-8,11,15H,9-10,12-14H2,1H3,(H,22,25). The summed E-state index contributed by atoms with van der Waals surface area (Å²) in [6, 6.07) is 14.2. The van der Waals surface area contributed by atoms with Crippen LogP contribution in [0, 0.1) is 6.92 Å². The number of carbonyl (C=O) groups is 1. The Bertz CT molecular complexity index is 908. The van der Waals surface area contributed by atoms with Gasteiger partial charge in [-0.2, -0.15) is 5.10 Å². The van der Waals surface area contributed by atoms with Gasteiger partial charge in [-0.15, -0.1) is 0 Å². The summed E-state index contributed by atoms with van der Waals surface area (Å²) >= 11 is 0. The van der Waals surface area contributed by atoms with Crippen LogP contribution in [0.3, 0.4) is 0 Å². The van der Waals surface area contributed by atoms with Crippen LogP contribution in [0.4, 0.5) is 0 Å². The zero-order valence-electron chi connectivity index (χ0n) is 14.9. The summed E-state index contributed by atoms with van der Waals surface area (Å²) in [5.41, 5.74) is 3.79. The van der Waals surface area contributed by atoms with Crippen LogP contribution in [-0.2, 0) is 21.5 Å². The maximum Gasteiger partial charge on any atom is 0.231 e. The van der Waals surface area contributed by atoms with Gasteiger partial charge in [0, 0.05) is 31.5 Å². The number of nitrogens with one attached hydrogen (secondary N) is 1. The average molecular weight is 349 g/mol. The first-order valence-electron chi connectivity index (χ1n) is 9.03. The van der Waals surface area contributed by atoms with Gasteiger partial charge in [0.2, 0.25) is 5.91 Å². The number of pyridine rings is 1. The van der Waals surface area contributed by atoms with Gasteiger partial charge in [-0.3, -0.25) is 4.79 Å². The second-order valence-corrected chi connectivity index (χ2v) is 6.94. The Morgan fingerprint density at radius 3 is 2.73 bits per heavy atom. The van der Waals surface area contributed by atoms with E-state index < -0.39 is 5.41 Å². The second kappa shape index (κ2) is 6.92. The minimum absolute atomic E-state index is 0.0694. The molecule has 1 aliphatic heterocycles. The molecule has 0 saturated carbocycles. The molecule has 0 radical (unpaired) electrons. The Hall–Kier alpha value is -2.66. The first-order chi connectivity index (χ1) is 12.7. The number of benzene rings is 1. The van der Waals surface area contributed by atoms with E-state index in [1.807, 2.05) is 35.1 Å². The van der Waals surface area contributed by atoms with Crippen LogP contribution in [0.1, 0.15) is 29.5 Å². The number of hydrogen-bond donors (Lipinski definition) is 1. The summed E-state index contributed by atoms with van der Waals surface area (Å²) in [6.45, 7) is 3.75. The van der Waals surface area contributed by atoms with Gasteiger partial charge in [-0.1, -0.05) is 35.9 Å². The van der Waals surface area contributed by atoms with Gasteiger partial charge in [0.1, 0.15) is 0 Å². The van der Waals surface area contributed by atoms with E-state index in [4.69, 9.17) is 4.74 Å². The molecule has 26 heavy (non-hydrogen) atoms. The number of fused-ring (bicyclic) bond motifs is 1. The SMILES string of the molecule is Cc1ccc(C2(C(=O)NCc3cnn4ccccc34)CCOCC2)cc1. The van der Waals surface area contributed by atoms with Crippen LogP contribution < -0.4 is 5.32 Å². The minimum atomic E-state index is -0.519. The summed E-state index contributed by atoms with van der Waals surface area (Å²) in [4.78, 5) is 13.2. The van der Waals surface area contributed by atoms with Crippen molar-refractivity contribution in [1.82, 2.24) is 14.9 Å². The fourth-order valence-corrected chi connectivity index (χ4v) is 3.71. The van der Waals surface area contributed by atoms with Crippen molar-refractivity contribution in [1.29, 1.82) is 0 Å². The van der Waals surface area contributed by atoms with Crippen LogP contribution in [0.2, 0.25) is 0 Å². The summed E-state index contributed by atoms with van der Waals surface area (Å²) in [5.74, 6) is 0.0694. The summed E-state index contributed by atoms with van der Waals surface area (Å²) in [5, 5.41) is 7.49. The summed E-state index contributed by atoms with van der Waals surface area (Å²) < 4.78 is 7.36. The molecule has 0 unspecified atom stereocenters. The van der Waals surface area contributed by atoms with Crippen LogP contribution in [0.5, 0.6) is 0 Å². The van der Waals surface area contributed by atoms with Crippen LogP contribution in [0.25, 0.3) is 5.52 Å². The van der Waals surface area contributed by atoms with E-state index in [1.54, 1.807) is 0 Å². The van der Waals surface area contributed by atoms with Crippen molar-refractivity contribution >= 4 is 11.4 Å². The molecule has 0 atom stereocenters. The van der Waals surface area contributed by atoms with Gasteiger partial charge in [-0.25, -0.2) is 4.52 Å². The van der Waals surface area contributed by atoms with E-state index in [0.29, 0.717) is 32.6 Å². The Morgan fingerprint density at radius 1 is 1.19 bits per heavy atom. The van der Waals surface area contributed by atoms with Crippen molar-refractivity contribution < 1.29 is 9.53 Å². The number of aryl methyl sites for hydroxylation is 1. The number of amides is 1. The maximum atomic E-state index is 13.2.